The molecule has 0 spiro atoms. The Bertz CT molecular complexity index is 912. The number of rotatable bonds is 6. The smallest absolute Gasteiger partial charge is 0.338 e. The van der Waals surface area contributed by atoms with Crippen molar-refractivity contribution in [2.45, 2.75) is 37.6 Å². The number of thioether (sulfide) groups is 1. The number of carbonyl (C=O) groups is 3. The Labute approximate surface area is 174 Å². The first-order chi connectivity index (χ1) is 14.0. The highest BCUT2D eigenvalue weighted by Gasteiger charge is 2.17. The summed E-state index contributed by atoms with van der Waals surface area (Å²) in [7, 11) is 0. The summed E-state index contributed by atoms with van der Waals surface area (Å²) in [5.74, 6) is -0.361. The highest BCUT2D eigenvalue weighted by atomic mass is 32.2. The number of benzene rings is 2. The van der Waals surface area contributed by atoms with Crippen LogP contribution in [0.2, 0.25) is 0 Å². The molecule has 29 heavy (non-hydrogen) atoms. The molecule has 6 nitrogen and oxygen atoms in total. The molecule has 2 amide bonds. The van der Waals surface area contributed by atoms with E-state index in [1.165, 1.54) is 5.56 Å². The van der Waals surface area contributed by atoms with Crippen molar-refractivity contribution in [3.8, 4) is 0 Å². The number of hydrogen-bond donors (Lipinski definition) is 2. The van der Waals surface area contributed by atoms with E-state index >= 15 is 0 Å². The van der Waals surface area contributed by atoms with E-state index in [1.54, 1.807) is 30.0 Å². The first-order valence-electron chi connectivity index (χ1n) is 9.58. The number of ether oxygens (including phenoxy) is 1. The lowest BCUT2D eigenvalue weighted by molar-refractivity contribution is -0.124. The molecule has 152 valence electrons. The van der Waals surface area contributed by atoms with E-state index in [0.717, 1.165) is 16.9 Å². The van der Waals surface area contributed by atoms with Gasteiger partial charge >= 0.3 is 5.97 Å². The van der Waals surface area contributed by atoms with Gasteiger partial charge in [-0.25, -0.2) is 4.79 Å². The van der Waals surface area contributed by atoms with Crippen LogP contribution in [0.1, 0.15) is 47.8 Å². The Balaban J connectivity index is 1.54. The van der Waals surface area contributed by atoms with Crippen molar-refractivity contribution in [1.82, 2.24) is 5.32 Å². The van der Waals surface area contributed by atoms with E-state index in [9.17, 15) is 14.4 Å². The molecule has 0 aliphatic carbocycles. The van der Waals surface area contributed by atoms with Crippen LogP contribution in [0.4, 0.5) is 5.69 Å². The minimum atomic E-state index is -0.605. The Morgan fingerprint density at radius 3 is 2.69 bits per heavy atom. The highest BCUT2D eigenvalue weighted by Crippen LogP contribution is 2.31. The monoisotopic (exact) mass is 412 g/mol. The van der Waals surface area contributed by atoms with E-state index in [2.05, 4.69) is 17.6 Å². The van der Waals surface area contributed by atoms with Gasteiger partial charge in [-0.3, -0.25) is 9.59 Å². The predicted octanol–water partition coefficient (Wildman–Crippen LogP) is 3.72. The van der Waals surface area contributed by atoms with E-state index < -0.39 is 5.97 Å². The van der Waals surface area contributed by atoms with Crippen molar-refractivity contribution in [2.24, 2.45) is 0 Å². The number of nitrogens with one attached hydrogen (secondary N) is 2. The van der Waals surface area contributed by atoms with Crippen LogP contribution in [0.3, 0.4) is 0 Å². The van der Waals surface area contributed by atoms with Crippen LogP contribution in [0.5, 0.6) is 0 Å². The molecule has 7 heteroatoms. The van der Waals surface area contributed by atoms with Crippen LogP contribution in [0.25, 0.3) is 0 Å². The summed E-state index contributed by atoms with van der Waals surface area (Å²) in [6.45, 7) is 3.60. The molecule has 0 saturated carbocycles. The zero-order valence-corrected chi connectivity index (χ0v) is 17.3. The van der Waals surface area contributed by atoms with Gasteiger partial charge in [0.2, 0.25) is 5.91 Å². The number of esters is 1. The van der Waals surface area contributed by atoms with Crippen molar-refractivity contribution in [2.75, 3.05) is 17.7 Å². The number of anilines is 1. The fourth-order valence-corrected chi connectivity index (χ4v) is 3.91. The van der Waals surface area contributed by atoms with Crippen LogP contribution >= 0.6 is 11.8 Å². The third kappa shape index (κ3) is 5.60. The van der Waals surface area contributed by atoms with Gasteiger partial charge in [-0.05, 0) is 42.7 Å². The van der Waals surface area contributed by atoms with Gasteiger partial charge in [0.15, 0.2) is 6.61 Å². The molecule has 3 rings (SSSR count). The van der Waals surface area contributed by atoms with Crippen LogP contribution < -0.4 is 10.6 Å². The number of aryl methyl sites for hydroxylation is 1. The lowest BCUT2D eigenvalue weighted by atomic mass is 10.1. The van der Waals surface area contributed by atoms with Gasteiger partial charge in [0.05, 0.1) is 17.3 Å². The van der Waals surface area contributed by atoms with Crippen LogP contribution in [0.15, 0.2) is 47.4 Å². The molecule has 2 aromatic rings. The summed E-state index contributed by atoms with van der Waals surface area (Å²) in [5.41, 5.74) is 3.11. The first kappa shape index (κ1) is 20.9. The molecule has 2 aromatic carbocycles. The normalized spacial score (nSPS) is 14.2. The van der Waals surface area contributed by atoms with Crippen molar-refractivity contribution in [1.29, 1.82) is 0 Å². The molecular weight excluding hydrogens is 388 g/mol. The second kappa shape index (κ2) is 9.60. The van der Waals surface area contributed by atoms with Crippen molar-refractivity contribution in [3.63, 3.8) is 0 Å². The van der Waals surface area contributed by atoms with Gasteiger partial charge in [0, 0.05) is 17.1 Å². The average Bonchev–Trinajstić information content (AvgIpc) is 2.91. The van der Waals surface area contributed by atoms with Crippen molar-refractivity contribution in [3.05, 3.63) is 59.2 Å². The molecule has 1 atom stereocenters. The molecule has 1 aliphatic rings. The number of fused-ring (bicyclic) bond motifs is 1. The third-order valence-electron chi connectivity index (χ3n) is 4.68. The molecule has 0 saturated heterocycles. The summed E-state index contributed by atoms with van der Waals surface area (Å²) in [5, 5.41) is 5.62. The zero-order chi connectivity index (χ0) is 20.8. The number of hydrogen-bond acceptors (Lipinski definition) is 5. The fraction of sp³-hybridized carbons (Fsp3) is 0.318. The molecule has 0 aromatic heterocycles. The lowest BCUT2D eigenvalue weighted by Gasteiger charge is -2.15. The van der Waals surface area contributed by atoms with Crippen LogP contribution in [0, 0.1) is 0 Å². The molecule has 0 unspecified atom stereocenters. The van der Waals surface area contributed by atoms with Crippen molar-refractivity contribution < 1.29 is 19.1 Å². The van der Waals surface area contributed by atoms with Gasteiger partial charge in [0.1, 0.15) is 0 Å². The van der Waals surface area contributed by atoms with E-state index in [0.29, 0.717) is 23.4 Å². The molecule has 0 bridgehead atoms. The standard InChI is InChI=1S/C22H24N2O4S/c1-3-15-4-6-16(7-5-15)14(2)23-21(26)13-28-22(27)17-8-9-19-18(12-17)24-20(25)10-11-29-19/h4-9,12,14H,3,10-11,13H2,1-2H3,(H,23,26)(H,24,25)/t14-/m1/s1. The molecule has 0 radical (unpaired) electrons. The fourth-order valence-electron chi connectivity index (χ4n) is 2.97. The summed E-state index contributed by atoms with van der Waals surface area (Å²) >= 11 is 1.56. The Morgan fingerprint density at radius 1 is 1.21 bits per heavy atom. The molecule has 1 heterocycles. The van der Waals surface area contributed by atoms with E-state index in [4.69, 9.17) is 4.74 Å². The summed E-state index contributed by atoms with van der Waals surface area (Å²) in [4.78, 5) is 37.1. The van der Waals surface area contributed by atoms with Gasteiger partial charge in [0.25, 0.3) is 5.91 Å². The summed E-state index contributed by atoms with van der Waals surface area (Å²) in [6, 6.07) is 12.9. The van der Waals surface area contributed by atoms with Crippen LogP contribution in [-0.2, 0) is 20.7 Å². The predicted molar refractivity (Wildman–Crippen MR) is 113 cm³/mol. The van der Waals surface area contributed by atoms with Gasteiger partial charge in [-0.15, -0.1) is 11.8 Å². The first-order valence-corrected chi connectivity index (χ1v) is 10.6. The largest absolute Gasteiger partial charge is 0.452 e. The summed E-state index contributed by atoms with van der Waals surface area (Å²) < 4.78 is 5.14. The zero-order valence-electron chi connectivity index (χ0n) is 16.5. The quantitative estimate of drug-likeness (QED) is 0.707. The highest BCUT2D eigenvalue weighted by molar-refractivity contribution is 7.99. The molecule has 0 fully saturated rings. The Morgan fingerprint density at radius 2 is 1.97 bits per heavy atom. The SMILES string of the molecule is CCc1ccc([C@@H](C)NC(=O)COC(=O)c2ccc3c(c2)NC(=O)CCS3)cc1. The van der Waals surface area contributed by atoms with Crippen LogP contribution in [-0.4, -0.2) is 30.1 Å². The second-order valence-corrected chi connectivity index (χ2v) is 7.95. The summed E-state index contributed by atoms with van der Waals surface area (Å²) in [6.07, 6.45) is 1.39. The average molecular weight is 413 g/mol. The molecule has 1 aliphatic heterocycles. The maximum atomic E-state index is 12.3. The molecular formula is C22H24N2O4S. The lowest BCUT2D eigenvalue weighted by Crippen LogP contribution is -2.31. The second-order valence-electron chi connectivity index (χ2n) is 6.82. The Kier molecular flexibility index (Phi) is 6.93. The van der Waals surface area contributed by atoms with Gasteiger partial charge in [-0.1, -0.05) is 31.2 Å². The van der Waals surface area contributed by atoms with Gasteiger partial charge < -0.3 is 15.4 Å². The van der Waals surface area contributed by atoms with E-state index in [1.807, 2.05) is 31.2 Å². The van der Waals surface area contributed by atoms with Gasteiger partial charge in [-0.2, -0.15) is 0 Å². The number of amides is 2. The maximum absolute atomic E-state index is 12.3. The topological polar surface area (TPSA) is 84.5 Å². The minimum Gasteiger partial charge on any atom is -0.452 e. The van der Waals surface area contributed by atoms with Crippen molar-refractivity contribution >= 4 is 35.2 Å². The number of carbonyl (C=O) groups excluding carboxylic acids is 3. The molecule has 2 N–H and O–H groups in total. The minimum absolute atomic E-state index is 0.0814. The van der Waals surface area contributed by atoms with E-state index in [-0.39, 0.29) is 24.5 Å². The maximum Gasteiger partial charge on any atom is 0.338 e. The third-order valence-corrected chi connectivity index (χ3v) is 5.75. The Hall–Kier alpha value is -2.80.